The third kappa shape index (κ3) is 3.33. The Bertz CT molecular complexity index is 580. The molecule has 1 atom stereocenters. The van der Waals surface area contributed by atoms with Crippen LogP contribution in [0.5, 0.6) is 0 Å². The maximum atomic E-state index is 12.6. The second-order valence-electron chi connectivity index (χ2n) is 5.80. The van der Waals surface area contributed by atoms with E-state index in [0.717, 1.165) is 16.8 Å². The third-order valence-corrected chi connectivity index (χ3v) is 6.00. The molecule has 0 aromatic heterocycles. The average Bonchev–Trinajstić information content (AvgIpc) is 3.19. The molecule has 0 saturated heterocycles. The van der Waals surface area contributed by atoms with Crippen molar-refractivity contribution in [2.75, 3.05) is 17.9 Å². The van der Waals surface area contributed by atoms with E-state index in [-0.39, 0.29) is 0 Å². The first kappa shape index (κ1) is 15.3. The van der Waals surface area contributed by atoms with Crippen molar-refractivity contribution in [1.29, 1.82) is 0 Å². The van der Waals surface area contributed by atoms with Crippen molar-refractivity contribution in [2.24, 2.45) is 0 Å². The van der Waals surface area contributed by atoms with Crippen molar-refractivity contribution in [3.05, 3.63) is 29.3 Å². The van der Waals surface area contributed by atoms with Gasteiger partial charge in [0.25, 0.3) is 0 Å². The van der Waals surface area contributed by atoms with Gasteiger partial charge >= 0.3 is 0 Å². The van der Waals surface area contributed by atoms with Crippen LogP contribution in [-0.2, 0) is 10.0 Å². The summed E-state index contributed by atoms with van der Waals surface area (Å²) in [5, 5.41) is 2.86. The van der Waals surface area contributed by atoms with E-state index >= 15 is 0 Å². The Hall–Kier alpha value is -1.07. The predicted molar refractivity (Wildman–Crippen MR) is 83.7 cm³/mol. The van der Waals surface area contributed by atoms with Crippen molar-refractivity contribution in [1.82, 2.24) is 5.32 Å². The fourth-order valence-corrected chi connectivity index (χ4v) is 3.62. The van der Waals surface area contributed by atoms with E-state index in [0.29, 0.717) is 12.6 Å². The molecule has 0 aliphatic heterocycles. The standard InChI is InChI=1S/C15H24N2O2S/c1-11-5-8-15(12(2)9-11)17(4)20(18,19)13(3)10-16-14-6-7-14/h5,8-9,13-14,16H,6-7,10H2,1-4H3. The smallest absolute Gasteiger partial charge is 0.238 e. The van der Waals surface area contributed by atoms with Crippen LogP contribution in [-0.4, -0.2) is 33.3 Å². The monoisotopic (exact) mass is 296 g/mol. The maximum Gasteiger partial charge on any atom is 0.238 e. The van der Waals surface area contributed by atoms with Gasteiger partial charge in [0, 0.05) is 19.6 Å². The molecule has 1 aromatic carbocycles. The van der Waals surface area contributed by atoms with Gasteiger partial charge in [0.05, 0.1) is 10.9 Å². The summed E-state index contributed by atoms with van der Waals surface area (Å²) >= 11 is 0. The molecule has 2 rings (SSSR count). The average molecular weight is 296 g/mol. The van der Waals surface area contributed by atoms with Gasteiger partial charge < -0.3 is 5.32 Å². The number of hydrogen-bond acceptors (Lipinski definition) is 3. The van der Waals surface area contributed by atoms with Gasteiger partial charge in [-0.25, -0.2) is 8.42 Å². The van der Waals surface area contributed by atoms with E-state index in [4.69, 9.17) is 0 Å². The SMILES string of the molecule is Cc1ccc(N(C)S(=O)(=O)C(C)CNC2CC2)c(C)c1. The lowest BCUT2D eigenvalue weighted by atomic mass is 10.1. The van der Waals surface area contributed by atoms with E-state index in [9.17, 15) is 8.42 Å². The molecule has 0 radical (unpaired) electrons. The van der Waals surface area contributed by atoms with Crippen molar-refractivity contribution in [2.45, 2.75) is 44.9 Å². The van der Waals surface area contributed by atoms with Crippen LogP contribution in [0, 0.1) is 13.8 Å². The van der Waals surface area contributed by atoms with Crippen molar-refractivity contribution < 1.29 is 8.42 Å². The summed E-state index contributed by atoms with van der Waals surface area (Å²) in [7, 11) is -1.68. The van der Waals surface area contributed by atoms with Gasteiger partial charge in [0.2, 0.25) is 10.0 Å². The van der Waals surface area contributed by atoms with Gasteiger partial charge in [-0.3, -0.25) is 4.31 Å². The Balaban J connectivity index is 2.14. The topological polar surface area (TPSA) is 49.4 Å². The number of sulfonamides is 1. The van der Waals surface area contributed by atoms with E-state index in [1.807, 2.05) is 32.0 Å². The van der Waals surface area contributed by atoms with Crippen LogP contribution in [0.15, 0.2) is 18.2 Å². The number of nitrogens with one attached hydrogen (secondary N) is 1. The van der Waals surface area contributed by atoms with Gasteiger partial charge in [0.15, 0.2) is 0 Å². The molecule has 1 aromatic rings. The van der Waals surface area contributed by atoms with E-state index in [1.165, 1.54) is 17.1 Å². The lowest BCUT2D eigenvalue weighted by Crippen LogP contribution is -2.41. The Morgan fingerprint density at radius 2 is 2.00 bits per heavy atom. The first-order valence-corrected chi connectivity index (χ1v) is 8.61. The number of aryl methyl sites for hydroxylation is 2. The predicted octanol–water partition coefficient (Wildman–Crippen LogP) is 2.21. The molecule has 1 saturated carbocycles. The fourth-order valence-electron chi connectivity index (χ4n) is 2.29. The molecule has 1 unspecified atom stereocenters. The zero-order valence-corrected chi connectivity index (χ0v) is 13.5. The van der Waals surface area contributed by atoms with Crippen LogP contribution in [0.25, 0.3) is 0 Å². The van der Waals surface area contributed by atoms with Crippen LogP contribution in [0.3, 0.4) is 0 Å². The van der Waals surface area contributed by atoms with E-state index in [2.05, 4.69) is 5.32 Å². The Kier molecular flexibility index (Phi) is 4.39. The maximum absolute atomic E-state index is 12.6. The molecule has 0 spiro atoms. The molecule has 1 N–H and O–H groups in total. The minimum atomic E-state index is -3.32. The number of hydrogen-bond donors (Lipinski definition) is 1. The number of rotatable bonds is 6. The zero-order valence-electron chi connectivity index (χ0n) is 12.7. The highest BCUT2D eigenvalue weighted by atomic mass is 32.2. The van der Waals surface area contributed by atoms with Gasteiger partial charge in [-0.2, -0.15) is 0 Å². The number of nitrogens with zero attached hydrogens (tertiary/aromatic N) is 1. The minimum absolute atomic E-state index is 0.422. The summed E-state index contributed by atoms with van der Waals surface area (Å²) in [4.78, 5) is 0. The van der Waals surface area contributed by atoms with Gasteiger partial charge in [0.1, 0.15) is 0 Å². The van der Waals surface area contributed by atoms with Gasteiger partial charge in [-0.1, -0.05) is 17.7 Å². The largest absolute Gasteiger partial charge is 0.313 e. The Labute approximate surface area is 122 Å². The molecule has 0 heterocycles. The van der Waals surface area contributed by atoms with Crippen LogP contribution >= 0.6 is 0 Å². The summed E-state index contributed by atoms with van der Waals surface area (Å²) in [6.07, 6.45) is 2.33. The fraction of sp³-hybridized carbons (Fsp3) is 0.600. The Morgan fingerprint density at radius 3 is 2.55 bits per heavy atom. The molecule has 1 fully saturated rings. The quantitative estimate of drug-likeness (QED) is 0.875. The van der Waals surface area contributed by atoms with Crippen LogP contribution in [0.1, 0.15) is 30.9 Å². The first-order chi connectivity index (χ1) is 9.32. The summed E-state index contributed by atoms with van der Waals surface area (Å²) in [5.74, 6) is 0. The molecule has 4 nitrogen and oxygen atoms in total. The summed E-state index contributed by atoms with van der Waals surface area (Å²) in [5.41, 5.74) is 2.88. The Morgan fingerprint density at radius 1 is 1.35 bits per heavy atom. The molecule has 20 heavy (non-hydrogen) atoms. The van der Waals surface area contributed by atoms with E-state index < -0.39 is 15.3 Å². The van der Waals surface area contributed by atoms with Gasteiger partial charge in [-0.15, -0.1) is 0 Å². The van der Waals surface area contributed by atoms with E-state index in [1.54, 1.807) is 14.0 Å². The molecule has 1 aliphatic rings. The molecular weight excluding hydrogens is 272 g/mol. The molecule has 112 valence electrons. The molecular formula is C15H24N2O2S. The number of anilines is 1. The lowest BCUT2D eigenvalue weighted by Gasteiger charge is -2.25. The van der Waals surface area contributed by atoms with Gasteiger partial charge in [-0.05, 0) is 45.2 Å². The van der Waals surface area contributed by atoms with Crippen molar-refractivity contribution in [3.63, 3.8) is 0 Å². The van der Waals surface area contributed by atoms with Crippen molar-refractivity contribution in [3.8, 4) is 0 Å². The van der Waals surface area contributed by atoms with Crippen LogP contribution in [0.2, 0.25) is 0 Å². The summed E-state index contributed by atoms with van der Waals surface area (Å²) in [6.45, 7) is 6.24. The summed E-state index contributed by atoms with van der Waals surface area (Å²) in [6, 6.07) is 6.36. The summed E-state index contributed by atoms with van der Waals surface area (Å²) < 4.78 is 26.6. The molecule has 0 amide bonds. The second kappa shape index (κ2) is 5.74. The minimum Gasteiger partial charge on any atom is -0.313 e. The van der Waals surface area contributed by atoms with Crippen molar-refractivity contribution >= 4 is 15.7 Å². The normalized spacial score (nSPS) is 17.0. The third-order valence-electron chi connectivity index (χ3n) is 3.85. The second-order valence-corrected chi connectivity index (χ2v) is 8.18. The molecule has 5 heteroatoms. The first-order valence-electron chi connectivity index (χ1n) is 7.10. The highest BCUT2D eigenvalue weighted by molar-refractivity contribution is 7.93. The number of benzene rings is 1. The van der Waals surface area contributed by atoms with Crippen LogP contribution < -0.4 is 9.62 Å². The zero-order chi connectivity index (χ0) is 14.9. The lowest BCUT2D eigenvalue weighted by molar-refractivity contribution is 0.569. The molecule has 0 bridgehead atoms. The molecule has 1 aliphatic carbocycles. The van der Waals surface area contributed by atoms with Crippen LogP contribution in [0.4, 0.5) is 5.69 Å². The highest BCUT2D eigenvalue weighted by Crippen LogP contribution is 2.24. The highest BCUT2D eigenvalue weighted by Gasteiger charge is 2.29.